The van der Waals surface area contributed by atoms with Gasteiger partial charge in [-0.25, -0.2) is 4.39 Å². The van der Waals surface area contributed by atoms with Crippen LogP contribution < -0.4 is 5.32 Å². The minimum atomic E-state index is -0.541. The minimum Gasteiger partial charge on any atom is -0.381 e. The van der Waals surface area contributed by atoms with E-state index in [1.54, 1.807) is 13.0 Å². The number of rotatable bonds is 4. The number of ether oxygens (including phenoxy) is 1. The molecule has 0 bridgehead atoms. The average molecular weight is 291 g/mol. The molecular weight excluding hydrogens is 269 g/mol. The molecule has 0 spiro atoms. The molecule has 1 aromatic rings. The van der Waals surface area contributed by atoms with Crippen LogP contribution in [0.1, 0.15) is 38.7 Å². The zero-order valence-electron chi connectivity index (χ0n) is 12.6. The molecule has 114 valence electrons. The molecule has 0 unspecified atom stereocenters. The van der Waals surface area contributed by atoms with E-state index in [0.29, 0.717) is 31.6 Å². The van der Waals surface area contributed by atoms with Crippen LogP contribution >= 0.6 is 0 Å². The standard InChI is InChI=1S/C17H22FNO2/c1-3-5-13(2)16(20)19-17(8-10-21-11-9-17)14-6-4-7-15(18)12-14/h4-7,12H,3,8-11H2,1-2H3,(H,19,20)/b13-5-. The predicted octanol–water partition coefficient (Wildman–Crippen LogP) is 3.30. The number of nitrogens with one attached hydrogen (secondary N) is 1. The highest BCUT2D eigenvalue weighted by Crippen LogP contribution is 2.32. The Balaban J connectivity index is 2.30. The van der Waals surface area contributed by atoms with Gasteiger partial charge in [-0.1, -0.05) is 25.1 Å². The molecule has 2 rings (SSSR count). The van der Waals surface area contributed by atoms with E-state index in [1.807, 2.05) is 19.1 Å². The van der Waals surface area contributed by atoms with Crippen molar-refractivity contribution in [2.75, 3.05) is 13.2 Å². The fourth-order valence-corrected chi connectivity index (χ4v) is 2.71. The van der Waals surface area contributed by atoms with Gasteiger partial charge < -0.3 is 10.1 Å². The monoisotopic (exact) mass is 291 g/mol. The number of carbonyl (C=O) groups excluding carboxylic acids is 1. The van der Waals surface area contributed by atoms with Gasteiger partial charge >= 0.3 is 0 Å². The number of hydrogen-bond donors (Lipinski definition) is 1. The molecule has 1 aliphatic heterocycles. The summed E-state index contributed by atoms with van der Waals surface area (Å²) in [6.45, 7) is 4.92. The molecule has 0 atom stereocenters. The van der Waals surface area contributed by atoms with E-state index in [9.17, 15) is 9.18 Å². The van der Waals surface area contributed by atoms with Crippen molar-refractivity contribution in [3.63, 3.8) is 0 Å². The number of amides is 1. The molecule has 0 saturated carbocycles. The van der Waals surface area contributed by atoms with Gasteiger partial charge in [-0.2, -0.15) is 0 Å². The van der Waals surface area contributed by atoms with Crippen molar-refractivity contribution in [1.29, 1.82) is 0 Å². The molecule has 1 amide bonds. The lowest BCUT2D eigenvalue weighted by Crippen LogP contribution is -2.49. The molecule has 1 heterocycles. The van der Waals surface area contributed by atoms with E-state index >= 15 is 0 Å². The highest BCUT2D eigenvalue weighted by Gasteiger charge is 2.36. The normalized spacial score (nSPS) is 18.3. The zero-order chi connectivity index (χ0) is 15.3. The first-order valence-electron chi connectivity index (χ1n) is 7.40. The summed E-state index contributed by atoms with van der Waals surface area (Å²) in [5.74, 6) is -0.378. The first-order valence-corrected chi connectivity index (χ1v) is 7.40. The highest BCUT2D eigenvalue weighted by atomic mass is 19.1. The van der Waals surface area contributed by atoms with Gasteiger partial charge in [-0.3, -0.25) is 4.79 Å². The summed E-state index contributed by atoms with van der Waals surface area (Å²) in [5, 5.41) is 3.11. The molecule has 0 aromatic heterocycles. The Labute approximate surface area is 125 Å². The lowest BCUT2D eigenvalue weighted by molar-refractivity contribution is -0.120. The van der Waals surface area contributed by atoms with Crippen LogP contribution in [-0.2, 0) is 15.1 Å². The van der Waals surface area contributed by atoms with Crippen molar-refractivity contribution < 1.29 is 13.9 Å². The third kappa shape index (κ3) is 3.70. The quantitative estimate of drug-likeness (QED) is 0.864. The Kier molecular flexibility index (Phi) is 5.12. The third-order valence-electron chi connectivity index (χ3n) is 3.94. The second-order valence-corrected chi connectivity index (χ2v) is 5.45. The number of hydrogen-bond acceptors (Lipinski definition) is 2. The predicted molar refractivity (Wildman–Crippen MR) is 80.3 cm³/mol. The molecule has 1 fully saturated rings. The van der Waals surface area contributed by atoms with Crippen molar-refractivity contribution in [3.8, 4) is 0 Å². The van der Waals surface area contributed by atoms with Crippen LogP contribution in [0, 0.1) is 5.82 Å². The lowest BCUT2D eigenvalue weighted by atomic mass is 9.82. The van der Waals surface area contributed by atoms with Gasteiger partial charge in [-0.05, 0) is 43.9 Å². The van der Waals surface area contributed by atoms with Gasteiger partial charge in [0.25, 0.3) is 0 Å². The van der Waals surface area contributed by atoms with Crippen LogP contribution in [0.25, 0.3) is 0 Å². The minimum absolute atomic E-state index is 0.0944. The molecule has 1 aromatic carbocycles. The van der Waals surface area contributed by atoms with Crippen LogP contribution in [0.2, 0.25) is 0 Å². The van der Waals surface area contributed by atoms with Gasteiger partial charge in [0.2, 0.25) is 5.91 Å². The summed E-state index contributed by atoms with van der Waals surface area (Å²) < 4.78 is 19.0. The Hall–Kier alpha value is -1.68. The van der Waals surface area contributed by atoms with Crippen molar-refractivity contribution >= 4 is 5.91 Å². The molecule has 21 heavy (non-hydrogen) atoms. The van der Waals surface area contributed by atoms with E-state index < -0.39 is 5.54 Å². The molecular formula is C17H22FNO2. The molecule has 1 aliphatic rings. The summed E-state index contributed by atoms with van der Waals surface area (Å²) >= 11 is 0. The maximum Gasteiger partial charge on any atom is 0.247 e. The van der Waals surface area contributed by atoms with Crippen LogP contribution in [0.3, 0.4) is 0 Å². The van der Waals surface area contributed by atoms with Crippen LogP contribution in [-0.4, -0.2) is 19.1 Å². The summed E-state index contributed by atoms with van der Waals surface area (Å²) in [6.07, 6.45) is 4.02. The summed E-state index contributed by atoms with van der Waals surface area (Å²) in [5.41, 5.74) is 0.962. The van der Waals surface area contributed by atoms with Crippen LogP contribution in [0.15, 0.2) is 35.9 Å². The Morgan fingerprint density at radius 2 is 2.14 bits per heavy atom. The van der Waals surface area contributed by atoms with Crippen LogP contribution in [0.5, 0.6) is 0 Å². The smallest absolute Gasteiger partial charge is 0.247 e. The second kappa shape index (κ2) is 6.85. The van der Waals surface area contributed by atoms with Crippen molar-refractivity contribution in [2.45, 2.75) is 38.6 Å². The number of benzene rings is 1. The van der Waals surface area contributed by atoms with Crippen molar-refractivity contribution in [2.24, 2.45) is 0 Å². The first-order chi connectivity index (χ1) is 10.1. The molecule has 3 nitrogen and oxygen atoms in total. The van der Waals surface area contributed by atoms with E-state index in [4.69, 9.17) is 4.74 Å². The SMILES string of the molecule is CC/C=C(/C)C(=O)NC1(c2cccc(F)c2)CCOCC1. The Morgan fingerprint density at radius 3 is 2.76 bits per heavy atom. The molecule has 1 N–H and O–H groups in total. The topological polar surface area (TPSA) is 38.3 Å². The first kappa shape index (κ1) is 15.7. The van der Waals surface area contributed by atoms with Crippen LogP contribution in [0.4, 0.5) is 4.39 Å². The van der Waals surface area contributed by atoms with E-state index in [2.05, 4.69) is 5.32 Å². The largest absolute Gasteiger partial charge is 0.381 e. The Bertz CT molecular complexity index is 533. The molecule has 4 heteroatoms. The van der Waals surface area contributed by atoms with E-state index in [-0.39, 0.29) is 11.7 Å². The summed E-state index contributed by atoms with van der Waals surface area (Å²) in [7, 11) is 0. The van der Waals surface area contributed by atoms with E-state index in [0.717, 1.165) is 12.0 Å². The van der Waals surface area contributed by atoms with Crippen molar-refractivity contribution in [3.05, 3.63) is 47.3 Å². The second-order valence-electron chi connectivity index (χ2n) is 5.45. The van der Waals surface area contributed by atoms with Gasteiger partial charge in [0.1, 0.15) is 5.82 Å². The summed E-state index contributed by atoms with van der Waals surface area (Å²) in [4.78, 5) is 12.4. The summed E-state index contributed by atoms with van der Waals surface area (Å²) in [6, 6.07) is 6.47. The fraction of sp³-hybridized carbons (Fsp3) is 0.471. The number of halogens is 1. The van der Waals surface area contributed by atoms with Gasteiger partial charge in [0.15, 0.2) is 0 Å². The molecule has 1 saturated heterocycles. The molecule has 0 aliphatic carbocycles. The third-order valence-corrected chi connectivity index (χ3v) is 3.94. The average Bonchev–Trinajstić information content (AvgIpc) is 2.48. The maximum atomic E-state index is 13.6. The van der Waals surface area contributed by atoms with E-state index in [1.165, 1.54) is 12.1 Å². The highest BCUT2D eigenvalue weighted by molar-refractivity contribution is 5.93. The maximum absolute atomic E-state index is 13.6. The van der Waals surface area contributed by atoms with Gasteiger partial charge in [-0.15, -0.1) is 0 Å². The van der Waals surface area contributed by atoms with Gasteiger partial charge in [0.05, 0.1) is 5.54 Å². The fourth-order valence-electron chi connectivity index (χ4n) is 2.71. The van der Waals surface area contributed by atoms with Gasteiger partial charge in [0, 0.05) is 18.8 Å². The zero-order valence-corrected chi connectivity index (χ0v) is 12.6. The number of carbonyl (C=O) groups is 1. The van der Waals surface area contributed by atoms with Crippen molar-refractivity contribution in [1.82, 2.24) is 5.32 Å². The Morgan fingerprint density at radius 1 is 1.43 bits per heavy atom. The number of allylic oxidation sites excluding steroid dienone is 1. The molecule has 0 radical (unpaired) electrons. The lowest BCUT2D eigenvalue weighted by Gasteiger charge is -2.38.